The summed E-state index contributed by atoms with van der Waals surface area (Å²) >= 11 is 12.1. The minimum Gasteiger partial charge on any atom is -0.486 e. The first-order valence-corrected chi connectivity index (χ1v) is 9.20. The minimum atomic E-state index is -0.691. The highest BCUT2D eigenvalue weighted by atomic mass is 35.5. The van der Waals surface area contributed by atoms with Crippen molar-refractivity contribution in [2.24, 2.45) is 5.16 Å². The van der Waals surface area contributed by atoms with Crippen LogP contribution in [0.2, 0.25) is 10.0 Å². The molecule has 1 unspecified atom stereocenters. The number of carbonyl (C=O) groups excluding carboxylic acids is 1. The molecule has 1 amide bonds. The standard InChI is InChI=1S/C19H16Cl2N2O4/c20-12-2-3-13(14(21)8-12)15-9-18(27-23-15)19(24)22-10-11-1-4-16-17(7-11)26-6-5-25-16/h1-4,7-8,18H,5-6,9-10H2,(H,22,24). The van der Waals surface area contributed by atoms with E-state index < -0.39 is 6.10 Å². The Kier molecular flexibility index (Phi) is 5.09. The van der Waals surface area contributed by atoms with Crippen LogP contribution in [-0.4, -0.2) is 30.9 Å². The summed E-state index contributed by atoms with van der Waals surface area (Å²) in [6, 6.07) is 10.7. The molecule has 0 bridgehead atoms. The van der Waals surface area contributed by atoms with Gasteiger partial charge in [-0.15, -0.1) is 0 Å². The maximum atomic E-state index is 12.4. The molecule has 2 heterocycles. The van der Waals surface area contributed by atoms with E-state index in [1.165, 1.54) is 0 Å². The van der Waals surface area contributed by atoms with Gasteiger partial charge in [-0.25, -0.2) is 0 Å². The number of ether oxygens (including phenoxy) is 2. The van der Waals surface area contributed by atoms with Crippen LogP contribution in [0.4, 0.5) is 0 Å². The van der Waals surface area contributed by atoms with E-state index in [-0.39, 0.29) is 5.91 Å². The summed E-state index contributed by atoms with van der Waals surface area (Å²) in [5.41, 5.74) is 2.24. The van der Waals surface area contributed by atoms with Crippen molar-refractivity contribution < 1.29 is 19.1 Å². The van der Waals surface area contributed by atoms with Gasteiger partial charge in [0.2, 0.25) is 6.10 Å². The Balaban J connectivity index is 1.35. The van der Waals surface area contributed by atoms with Crippen LogP contribution >= 0.6 is 23.2 Å². The highest BCUT2D eigenvalue weighted by Crippen LogP contribution is 2.31. The van der Waals surface area contributed by atoms with E-state index in [2.05, 4.69) is 10.5 Å². The van der Waals surface area contributed by atoms with Crippen LogP contribution in [0, 0.1) is 0 Å². The summed E-state index contributed by atoms with van der Waals surface area (Å²) in [6.45, 7) is 1.42. The Morgan fingerprint density at radius 2 is 1.93 bits per heavy atom. The van der Waals surface area contributed by atoms with Crippen molar-refractivity contribution in [1.82, 2.24) is 5.32 Å². The molecule has 0 saturated heterocycles. The summed E-state index contributed by atoms with van der Waals surface area (Å²) in [6.07, 6.45) is -0.349. The molecule has 27 heavy (non-hydrogen) atoms. The van der Waals surface area contributed by atoms with E-state index in [0.717, 1.165) is 5.56 Å². The van der Waals surface area contributed by atoms with Crippen LogP contribution in [-0.2, 0) is 16.2 Å². The van der Waals surface area contributed by atoms with Crippen LogP contribution in [0.5, 0.6) is 11.5 Å². The predicted molar refractivity (Wildman–Crippen MR) is 102 cm³/mol. The van der Waals surface area contributed by atoms with Crippen molar-refractivity contribution in [3.8, 4) is 11.5 Å². The zero-order valence-corrected chi connectivity index (χ0v) is 15.7. The van der Waals surface area contributed by atoms with Crippen molar-refractivity contribution in [2.75, 3.05) is 13.2 Å². The first kappa shape index (κ1) is 17.9. The first-order chi connectivity index (χ1) is 13.1. The van der Waals surface area contributed by atoms with Crippen LogP contribution in [0.15, 0.2) is 41.6 Å². The summed E-state index contributed by atoms with van der Waals surface area (Å²) in [7, 11) is 0. The van der Waals surface area contributed by atoms with Crippen molar-refractivity contribution in [3.63, 3.8) is 0 Å². The third kappa shape index (κ3) is 3.96. The quantitative estimate of drug-likeness (QED) is 0.842. The van der Waals surface area contributed by atoms with Gasteiger partial charge in [0, 0.05) is 23.6 Å². The van der Waals surface area contributed by atoms with Gasteiger partial charge in [-0.1, -0.05) is 40.5 Å². The zero-order chi connectivity index (χ0) is 18.8. The number of fused-ring (bicyclic) bond motifs is 1. The van der Waals surface area contributed by atoms with Crippen molar-refractivity contribution in [3.05, 3.63) is 57.6 Å². The zero-order valence-electron chi connectivity index (χ0n) is 14.2. The summed E-state index contributed by atoms with van der Waals surface area (Å²) in [4.78, 5) is 17.7. The second kappa shape index (κ2) is 7.66. The molecular weight excluding hydrogens is 391 g/mol. The lowest BCUT2D eigenvalue weighted by Crippen LogP contribution is -2.34. The fourth-order valence-corrected chi connectivity index (χ4v) is 3.42. The molecular formula is C19H16Cl2N2O4. The van der Waals surface area contributed by atoms with Gasteiger partial charge in [-0.2, -0.15) is 0 Å². The van der Waals surface area contributed by atoms with Gasteiger partial charge >= 0.3 is 0 Å². The van der Waals surface area contributed by atoms with E-state index in [9.17, 15) is 4.79 Å². The van der Waals surface area contributed by atoms with Gasteiger partial charge in [0.25, 0.3) is 5.91 Å². The minimum absolute atomic E-state index is 0.242. The third-order valence-corrected chi connectivity index (χ3v) is 4.82. The lowest BCUT2D eigenvalue weighted by molar-refractivity contribution is -0.131. The van der Waals surface area contributed by atoms with Gasteiger partial charge in [0.1, 0.15) is 13.2 Å². The molecule has 0 aliphatic carbocycles. The van der Waals surface area contributed by atoms with Crippen LogP contribution in [0.25, 0.3) is 0 Å². The molecule has 0 aromatic heterocycles. The SMILES string of the molecule is O=C(NCc1ccc2c(c1)OCCO2)C1CC(c2ccc(Cl)cc2Cl)=NO1. The number of carbonyl (C=O) groups is 1. The van der Waals surface area contributed by atoms with E-state index in [0.29, 0.717) is 59.0 Å². The molecule has 2 aliphatic rings. The molecule has 6 nitrogen and oxygen atoms in total. The average molecular weight is 407 g/mol. The number of halogens is 2. The number of hydrogen-bond donors (Lipinski definition) is 1. The maximum Gasteiger partial charge on any atom is 0.264 e. The topological polar surface area (TPSA) is 69.2 Å². The lowest BCUT2D eigenvalue weighted by Gasteiger charge is -2.19. The lowest BCUT2D eigenvalue weighted by atomic mass is 10.0. The monoisotopic (exact) mass is 406 g/mol. The fourth-order valence-electron chi connectivity index (χ4n) is 2.90. The Hall–Kier alpha value is -2.44. The summed E-state index contributed by atoms with van der Waals surface area (Å²) in [5, 5.41) is 7.87. The molecule has 2 aliphatic heterocycles. The molecule has 2 aromatic rings. The van der Waals surface area contributed by atoms with Gasteiger partial charge in [-0.3, -0.25) is 4.79 Å². The first-order valence-electron chi connectivity index (χ1n) is 8.44. The Bertz CT molecular complexity index is 917. The van der Waals surface area contributed by atoms with E-state index in [1.54, 1.807) is 18.2 Å². The van der Waals surface area contributed by atoms with Crippen molar-refractivity contribution in [2.45, 2.75) is 19.1 Å². The second-order valence-corrected chi connectivity index (χ2v) is 7.00. The van der Waals surface area contributed by atoms with Gasteiger partial charge in [0.15, 0.2) is 11.5 Å². The van der Waals surface area contributed by atoms with Crippen LogP contribution in [0.3, 0.4) is 0 Å². The van der Waals surface area contributed by atoms with Crippen molar-refractivity contribution in [1.29, 1.82) is 0 Å². The molecule has 1 N–H and O–H groups in total. The number of nitrogens with one attached hydrogen (secondary N) is 1. The Labute approximate surface area is 166 Å². The number of rotatable bonds is 4. The normalized spacial score (nSPS) is 17.9. The van der Waals surface area contributed by atoms with Crippen LogP contribution < -0.4 is 14.8 Å². The Morgan fingerprint density at radius 3 is 2.74 bits per heavy atom. The van der Waals surface area contributed by atoms with Gasteiger partial charge in [0.05, 0.1) is 10.7 Å². The van der Waals surface area contributed by atoms with E-state index in [1.807, 2.05) is 18.2 Å². The van der Waals surface area contributed by atoms with Gasteiger partial charge in [-0.05, 0) is 29.8 Å². The molecule has 140 valence electrons. The van der Waals surface area contributed by atoms with Crippen molar-refractivity contribution >= 4 is 34.8 Å². The maximum absolute atomic E-state index is 12.4. The molecule has 4 rings (SSSR count). The highest BCUT2D eigenvalue weighted by molar-refractivity contribution is 6.37. The summed E-state index contributed by atoms with van der Waals surface area (Å²) < 4.78 is 11.0. The largest absolute Gasteiger partial charge is 0.486 e. The molecule has 0 radical (unpaired) electrons. The van der Waals surface area contributed by atoms with Gasteiger partial charge < -0.3 is 19.6 Å². The smallest absolute Gasteiger partial charge is 0.264 e. The predicted octanol–water partition coefficient (Wildman–Crippen LogP) is 3.57. The number of benzene rings is 2. The van der Waals surface area contributed by atoms with E-state index >= 15 is 0 Å². The van der Waals surface area contributed by atoms with Crippen LogP contribution in [0.1, 0.15) is 17.5 Å². The van der Waals surface area contributed by atoms with E-state index in [4.69, 9.17) is 37.5 Å². The third-order valence-electron chi connectivity index (χ3n) is 4.28. The molecule has 8 heteroatoms. The highest BCUT2D eigenvalue weighted by Gasteiger charge is 2.29. The molecule has 0 fully saturated rings. The number of oxime groups is 1. The average Bonchev–Trinajstić information content (AvgIpc) is 3.16. The number of hydrogen-bond acceptors (Lipinski definition) is 5. The molecule has 2 aromatic carbocycles. The Morgan fingerprint density at radius 1 is 1.11 bits per heavy atom. The fraction of sp³-hybridized carbons (Fsp3) is 0.263. The molecule has 0 spiro atoms. The molecule has 1 atom stereocenters. The second-order valence-electron chi connectivity index (χ2n) is 6.16. The number of amides is 1. The number of nitrogens with zero attached hydrogens (tertiary/aromatic N) is 1. The molecule has 0 saturated carbocycles. The summed E-state index contributed by atoms with van der Waals surface area (Å²) in [5.74, 6) is 1.16.